The van der Waals surface area contributed by atoms with Crippen molar-refractivity contribution in [3.8, 4) is 0 Å². The number of nitrogens with one attached hydrogen (secondary N) is 2. The summed E-state index contributed by atoms with van der Waals surface area (Å²) in [6.07, 6.45) is 0.795. The van der Waals surface area contributed by atoms with Crippen LogP contribution in [0.25, 0.3) is 0 Å². The Hall–Kier alpha value is -3.13. The molecule has 0 radical (unpaired) electrons. The van der Waals surface area contributed by atoms with Crippen LogP contribution in [0.2, 0.25) is 0 Å². The average Bonchev–Trinajstić information content (AvgIpc) is 3.24. The van der Waals surface area contributed by atoms with E-state index in [4.69, 9.17) is 0 Å². The monoisotopic (exact) mass is 465 g/mol. The molecule has 0 aliphatic rings. The van der Waals surface area contributed by atoms with Gasteiger partial charge in [0.2, 0.25) is 5.91 Å². The van der Waals surface area contributed by atoms with E-state index in [1.165, 1.54) is 17.3 Å². The maximum absolute atomic E-state index is 12.7. The van der Waals surface area contributed by atoms with Crippen LogP contribution in [-0.2, 0) is 17.8 Å². The van der Waals surface area contributed by atoms with E-state index in [9.17, 15) is 9.59 Å². The Labute approximate surface area is 199 Å². The van der Waals surface area contributed by atoms with Gasteiger partial charge in [-0.05, 0) is 37.0 Å². The van der Waals surface area contributed by atoms with Crippen LogP contribution in [0.3, 0.4) is 0 Å². The molecule has 0 spiro atoms. The van der Waals surface area contributed by atoms with E-state index in [0.29, 0.717) is 29.6 Å². The summed E-state index contributed by atoms with van der Waals surface area (Å²) in [6.45, 7) is 7.32. The maximum Gasteiger partial charge on any atom is 0.251 e. The first kappa shape index (κ1) is 24.5. The highest BCUT2D eigenvalue weighted by molar-refractivity contribution is 7.99. The first-order valence-corrected chi connectivity index (χ1v) is 12.2. The second kappa shape index (κ2) is 12.2. The molecule has 2 N–H and O–H groups in total. The van der Waals surface area contributed by atoms with Gasteiger partial charge >= 0.3 is 0 Å². The highest BCUT2D eigenvalue weighted by atomic mass is 32.2. The predicted molar refractivity (Wildman–Crippen MR) is 131 cm³/mol. The van der Waals surface area contributed by atoms with E-state index < -0.39 is 0 Å². The molecule has 0 saturated carbocycles. The Kier molecular flexibility index (Phi) is 9.06. The number of hydrogen-bond donors (Lipinski definition) is 2. The fourth-order valence-corrected chi connectivity index (χ4v) is 4.29. The van der Waals surface area contributed by atoms with Crippen LogP contribution < -0.4 is 10.6 Å². The minimum absolute atomic E-state index is 0.0408. The van der Waals surface area contributed by atoms with E-state index in [0.717, 1.165) is 6.42 Å². The Morgan fingerprint density at radius 1 is 1.00 bits per heavy atom. The third kappa shape index (κ3) is 6.92. The van der Waals surface area contributed by atoms with Gasteiger partial charge in [0.25, 0.3) is 5.91 Å². The summed E-state index contributed by atoms with van der Waals surface area (Å²) >= 11 is 1.36. The lowest BCUT2D eigenvalue weighted by molar-refractivity contribution is -0.118. The Balaban J connectivity index is 1.60. The van der Waals surface area contributed by atoms with Crippen LogP contribution in [0.15, 0.2) is 65.8 Å². The highest BCUT2D eigenvalue weighted by Gasteiger charge is 2.26. The zero-order chi connectivity index (χ0) is 23.6. The number of rotatable bonds is 11. The van der Waals surface area contributed by atoms with Gasteiger partial charge in [-0.25, -0.2) is 0 Å². The fraction of sp³-hybridized carbons (Fsp3) is 0.360. The molecule has 8 heteroatoms. The summed E-state index contributed by atoms with van der Waals surface area (Å²) in [5.41, 5.74) is 1.80. The standard InChI is InChI=1S/C25H31N5O2S/c1-4-30-23(22(18(2)3)27-24(32)20-13-9-6-10-14-20)28-29-25(30)33-17-21(31)26-16-15-19-11-7-5-8-12-19/h5-14,18,22H,4,15-17H2,1-3H3,(H,26,31)(H,27,32)/t22-/m1/s1. The van der Waals surface area contributed by atoms with Crippen LogP contribution in [0, 0.1) is 5.92 Å². The molecule has 0 aliphatic heterocycles. The molecule has 3 rings (SSSR count). The van der Waals surface area contributed by atoms with Gasteiger partial charge in [-0.1, -0.05) is 74.1 Å². The quantitative estimate of drug-likeness (QED) is 0.420. The van der Waals surface area contributed by atoms with Crippen LogP contribution in [0.5, 0.6) is 0 Å². The molecule has 0 fully saturated rings. The van der Waals surface area contributed by atoms with Crippen molar-refractivity contribution < 1.29 is 9.59 Å². The van der Waals surface area contributed by atoms with Gasteiger partial charge in [-0.3, -0.25) is 9.59 Å². The Morgan fingerprint density at radius 2 is 1.67 bits per heavy atom. The average molecular weight is 466 g/mol. The lowest BCUT2D eigenvalue weighted by Gasteiger charge is -2.22. The van der Waals surface area contributed by atoms with E-state index in [-0.39, 0.29) is 29.5 Å². The second-order valence-electron chi connectivity index (χ2n) is 8.02. The number of carbonyl (C=O) groups is 2. The number of hydrogen-bond acceptors (Lipinski definition) is 5. The first-order chi connectivity index (χ1) is 16.0. The van der Waals surface area contributed by atoms with Crippen molar-refractivity contribution in [3.05, 3.63) is 77.6 Å². The summed E-state index contributed by atoms with van der Waals surface area (Å²) in [4.78, 5) is 25.0. The molecular weight excluding hydrogens is 434 g/mol. The second-order valence-corrected chi connectivity index (χ2v) is 8.96. The minimum Gasteiger partial charge on any atom is -0.355 e. The molecule has 7 nitrogen and oxygen atoms in total. The molecule has 174 valence electrons. The lowest BCUT2D eigenvalue weighted by Crippen LogP contribution is -2.33. The van der Waals surface area contributed by atoms with Crippen molar-refractivity contribution >= 4 is 23.6 Å². The van der Waals surface area contributed by atoms with Gasteiger partial charge in [-0.15, -0.1) is 10.2 Å². The molecule has 0 saturated heterocycles. The van der Waals surface area contributed by atoms with E-state index in [1.54, 1.807) is 12.1 Å². The molecule has 0 unspecified atom stereocenters. The number of nitrogens with zero attached hydrogens (tertiary/aromatic N) is 3. The predicted octanol–water partition coefficient (Wildman–Crippen LogP) is 3.88. The number of amides is 2. The fourth-order valence-electron chi connectivity index (χ4n) is 3.45. The van der Waals surface area contributed by atoms with E-state index in [1.807, 2.05) is 73.9 Å². The zero-order valence-electron chi connectivity index (χ0n) is 19.3. The van der Waals surface area contributed by atoms with Gasteiger partial charge in [0.15, 0.2) is 11.0 Å². The maximum atomic E-state index is 12.7. The van der Waals surface area contributed by atoms with E-state index >= 15 is 0 Å². The van der Waals surface area contributed by atoms with Crippen LogP contribution in [0.4, 0.5) is 0 Å². The normalized spacial score (nSPS) is 11.9. The smallest absolute Gasteiger partial charge is 0.251 e. The molecule has 1 aromatic heterocycles. The van der Waals surface area contributed by atoms with Crippen molar-refractivity contribution in [2.45, 2.75) is 44.9 Å². The third-order valence-corrected chi connectivity index (χ3v) is 6.21. The summed E-state index contributed by atoms with van der Waals surface area (Å²) < 4.78 is 1.97. The molecule has 1 heterocycles. The molecule has 1 atom stereocenters. The molecule has 2 aromatic carbocycles. The summed E-state index contributed by atoms with van der Waals surface area (Å²) in [5, 5.41) is 15.4. The number of benzene rings is 2. The highest BCUT2D eigenvalue weighted by Crippen LogP contribution is 2.25. The lowest BCUT2D eigenvalue weighted by atomic mass is 10.0. The van der Waals surface area contributed by atoms with Crippen molar-refractivity contribution in [1.29, 1.82) is 0 Å². The molecule has 2 amide bonds. The zero-order valence-corrected chi connectivity index (χ0v) is 20.1. The molecule has 33 heavy (non-hydrogen) atoms. The number of thioether (sulfide) groups is 1. The number of aromatic nitrogens is 3. The molecule has 0 bridgehead atoms. The minimum atomic E-state index is -0.292. The molecule has 0 aliphatic carbocycles. The van der Waals surface area contributed by atoms with Gasteiger partial charge in [0.05, 0.1) is 11.8 Å². The van der Waals surface area contributed by atoms with Crippen molar-refractivity contribution in [2.24, 2.45) is 5.92 Å². The Bertz CT molecular complexity index is 1040. The summed E-state index contributed by atoms with van der Waals surface area (Å²) in [5.74, 6) is 0.887. The molecular formula is C25H31N5O2S. The van der Waals surface area contributed by atoms with Gasteiger partial charge in [0.1, 0.15) is 0 Å². The van der Waals surface area contributed by atoms with E-state index in [2.05, 4.69) is 20.8 Å². The third-order valence-electron chi connectivity index (χ3n) is 5.24. The SMILES string of the molecule is CCn1c(SCC(=O)NCCc2ccccc2)nnc1[C@H](NC(=O)c1ccccc1)C(C)C. The van der Waals surface area contributed by atoms with Crippen LogP contribution in [-0.4, -0.2) is 38.9 Å². The topological polar surface area (TPSA) is 88.9 Å². The van der Waals surface area contributed by atoms with Crippen molar-refractivity contribution in [1.82, 2.24) is 25.4 Å². The van der Waals surface area contributed by atoms with Gasteiger partial charge in [0, 0.05) is 18.7 Å². The van der Waals surface area contributed by atoms with Crippen molar-refractivity contribution in [3.63, 3.8) is 0 Å². The van der Waals surface area contributed by atoms with Crippen LogP contribution in [0.1, 0.15) is 48.6 Å². The first-order valence-electron chi connectivity index (χ1n) is 11.2. The van der Waals surface area contributed by atoms with Gasteiger partial charge in [-0.2, -0.15) is 0 Å². The summed E-state index contributed by atoms with van der Waals surface area (Å²) in [7, 11) is 0. The summed E-state index contributed by atoms with van der Waals surface area (Å²) in [6, 6.07) is 18.9. The van der Waals surface area contributed by atoms with Crippen LogP contribution >= 0.6 is 11.8 Å². The van der Waals surface area contributed by atoms with Crippen molar-refractivity contribution in [2.75, 3.05) is 12.3 Å². The number of carbonyl (C=O) groups excluding carboxylic acids is 2. The molecule has 3 aromatic rings. The van der Waals surface area contributed by atoms with Gasteiger partial charge < -0.3 is 15.2 Å². The Morgan fingerprint density at radius 3 is 2.30 bits per heavy atom. The largest absolute Gasteiger partial charge is 0.355 e.